The summed E-state index contributed by atoms with van der Waals surface area (Å²) in [6.07, 6.45) is 3.42. The standard InChI is InChI=1S/C14H21BrFNO/c1-2-3-4-7-17(8-9-18)11-12-10-13(15)5-6-14(12)16/h5-6,10,18H,2-4,7-9,11H2,1H3. The van der Waals surface area contributed by atoms with Gasteiger partial charge in [-0.25, -0.2) is 4.39 Å². The molecule has 0 aliphatic heterocycles. The van der Waals surface area contributed by atoms with Crippen molar-refractivity contribution < 1.29 is 9.50 Å². The Bertz CT molecular complexity index is 360. The van der Waals surface area contributed by atoms with E-state index < -0.39 is 0 Å². The first-order valence-corrected chi connectivity index (χ1v) is 7.23. The molecule has 0 unspecified atom stereocenters. The summed E-state index contributed by atoms with van der Waals surface area (Å²) in [7, 11) is 0. The number of aliphatic hydroxyl groups is 1. The van der Waals surface area contributed by atoms with Gasteiger partial charge in [-0.2, -0.15) is 0 Å². The molecule has 18 heavy (non-hydrogen) atoms. The quantitative estimate of drug-likeness (QED) is 0.741. The van der Waals surface area contributed by atoms with Crippen molar-refractivity contribution >= 4 is 15.9 Å². The Labute approximate surface area is 117 Å². The molecule has 0 spiro atoms. The second kappa shape index (κ2) is 8.62. The zero-order valence-corrected chi connectivity index (χ0v) is 12.4. The molecule has 0 radical (unpaired) electrons. The van der Waals surface area contributed by atoms with E-state index >= 15 is 0 Å². The van der Waals surface area contributed by atoms with Crippen LogP contribution in [0.4, 0.5) is 4.39 Å². The molecule has 2 nitrogen and oxygen atoms in total. The van der Waals surface area contributed by atoms with Crippen LogP contribution in [-0.2, 0) is 6.54 Å². The number of unbranched alkanes of at least 4 members (excludes halogenated alkanes) is 2. The summed E-state index contributed by atoms with van der Waals surface area (Å²) in [6, 6.07) is 4.98. The summed E-state index contributed by atoms with van der Waals surface area (Å²) >= 11 is 3.35. The molecule has 0 saturated heterocycles. The summed E-state index contributed by atoms with van der Waals surface area (Å²) in [4.78, 5) is 2.10. The molecule has 0 amide bonds. The van der Waals surface area contributed by atoms with Gasteiger partial charge in [-0.1, -0.05) is 35.7 Å². The highest BCUT2D eigenvalue weighted by atomic mass is 79.9. The van der Waals surface area contributed by atoms with Gasteiger partial charge in [0, 0.05) is 23.1 Å². The second-order valence-corrected chi connectivity index (χ2v) is 5.36. The van der Waals surface area contributed by atoms with Gasteiger partial charge in [0.1, 0.15) is 5.82 Å². The average Bonchev–Trinajstić information content (AvgIpc) is 2.34. The molecule has 0 heterocycles. The summed E-state index contributed by atoms with van der Waals surface area (Å²) < 4.78 is 14.5. The molecule has 1 N–H and O–H groups in total. The molecule has 4 heteroatoms. The molecular weight excluding hydrogens is 297 g/mol. The maximum atomic E-state index is 13.6. The topological polar surface area (TPSA) is 23.5 Å². The van der Waals surface area contributed by atoms with Crippen LogP contribution in [0, 0.1) is 5.82 Å². The van der Waals surface area contributed by atoms with Crippen molar-refractivity contribution in [3.8, 4) is 0 Å². The third kappa shape index (κ3) is 5.46. The minimum absolute atomic E-state index is 0.113. The predicted octanol–water partition coefficient (Wildman–Crippen LogP) is 3.57. The van der Waals surface area contributed by atoms with Crippen LogP contribution in [0.5, 0.6) is 0 Å². The largest absolute Gasteiger partial charge is 0.395 e. The van der Waals surface area contributed by atoms with Crippen molar-refractivity contribution in [2.24, 2.45) is 0 Å². The van der Waals surface area contributed by atoms with Gasteiger partial charge in [-0.15, -0.1) is 0 Å². The fourth-order valence-electron chi connectivity index (χ4n) is 1.90. The zero-order valence-electron chi connectivity index (χ0n) is 10.8. The van der Waals surface area contributed by atoms with Gasteiger partial charge >= 0.3 is 0 Å². The van der Waals surface area contributed by atoms with Crippen molar-refractivity contribution in [1.29, 1.82) is 0 Å². The maximum Gasteiger partial charge on any atom is 0.127 e. The van der Waals surface area contributed by atoms with Crippen LogP contribution in [0.3, 0.4) is 0 Å². The van der Waals surface area contributed by atoms with Crippen LogP contribution < -0.4 is 0 Å². The van der Waals surface area contributed by atoms with E-state index in [1.165, 1.54) is 12.5 Å². The molecule has 1 aromatic rings. The molecule has 0 aromatic heterocycles. The van der Waals surface area contributed by atoms with E-state index in [4.69, 9.17) is 5.11 Å². The summed E-state index contributed by atoms with van der Waals surface area (Å²) in [5.41, 5.74) is 0.675. The lowest BCUT2D eigenvalue weighted by atomic mass is 10.2. The summed E-state index contributed by atoms with van der Waals surface area (Å²) in [6.45, 7) is 4.32. The molecule has 0 bridgehead atoms. The Morgan fingerprint density at radius 1 is 1.28 bits per heavy atom. The van der Waals surface area contributed by atoms with Crippen molar-refractivity contribution in [1.82, 2.24) is 4.90 Å². The molecular formula is C14H21BrFNO. The number of halogens is 2. The van der Waals surface area contributed by atoms with E-state index in [1.54, 1.807) is 12.1 Å². The minimum Gasteiger partial charge on any atom is -0.395 e. The highest BCUT2D eigenvalue weighted by molar-refractivity contribution is 9.10. The van der Waals surface area contributed by atoms with Crippen LogP contribution in [-0.4, -0.2) is 29.7 Å². The van der Waals surface area contributed by atoms with Gasteiger partial charge in [-0.05, 0) is 31.2 Å². The fraction of sp³-hybridized carbons (Fsp3) is 0.571. The van der Waals surface area contributed by atoms with Crippen molar-refractivity contribution in [2.45, 2.75) is 32.7 Å². The number of hydrogen-bond acceptors (Lipinski definition) is 2. The van der Waals surface area contributed by atoms with Crippen molar-refractivity contribution in [3.63, 3.8) is 0 Å². The number of benzene rings is 1. The average molecular weight is 318 g/mol. The maximum absolute atomic E-state index is 13.6. The van der Waals surface area contributed by atoms with Crippen LogP contribution in [0.15, 0.2) is 22.7 Å². The SMILES string of the molecule is CCCCCN(CCO)Cc1cc(Br)ccc1F. The Hall–Kier alpha value is -0.450. The second-order valence-electron chi connectivity index (χ2n) is 4.44. The predicted molar refractivity (Wildman–Crippen MR) is 76.0 cm³/mol. The molecule has 0 aliphatic carbocycles. The molecule has 1 aromatic carbocycles. The normalized spacial score (nSPS) is 11.2. The van der Waals surface area contributed by atoms with Crippen LogP contribution >= 0.6 is 15.9 Å². The van der Waals surface area contributed by atoms with Crippen LogP contribution in [0.1, 0.15) is 31.7 Å². The molecule has 0 atom stereocenters. The van der Waals surface area contributed by atoms with Crippen molar-refractivity contribution in [2.75, 3.05) is 19.7 Å². The fourth-order valence-corrected chi connectivity index (χ4v) is 2.31. The number of nitrogens with zero attached hydrogens (tertiary/aromatic N) is 1. The molecule has 0 saturated carbocycles. The first-order valence-electron chi connectivity index (χ1n) is 6.44. The lowest BCUT2D eigenvalue weighted by Gasteiger charge is -2.21. The monoisotopic (exact) mass is 317 g/mol. The Kier molecular flexibility index (Phi) is 7.47. The third-order valence-corrected chi connectivity index (χ3v) is 3.39. The van der Waals surface area contributed by atoms with Gasteiger partial charge < -0.3 is 5.11 Å². The molecule has 0 fully saturated rings. The van der Waals surface area contributed by atoms with Gasteiger partial charge in [0.25, 0.3) is 0 Å². The summed E-state index contributed by atoms with van der Waals surface area (Å²) in [5, 5.41) is 9.05. The highest BCUT2D eigenvalue weighted by Gasteiger charge is 2.09. The summed E-state index contributed by atoms with van der Waals surface area (Å²) in [5.74, 6) is -0.184. The van der Waals surface area contributed by atoms with Gasteiger partial charge in [0.2, 0.25) is 0 Å². The van der Waals surface area contributed by atoms with E-state index in [-0.39, 0.29) is 12.4 Å². The lowest BCUT2D eigenvalue weighted by Crippen LogP contribution is -2.28. The van der Waals surface area contributed by atoms with Crippen LogP contribution in [0.2, 0.25) is 0 Å². The van der Waals surface area contributed by atoms with E-state index in [2.05, 4.69) is 27.8 Å². The van der Waals surface area contributed by atoms with E-state index in [9.17, 15) is 4.39 Å². The smallest absolute Gasteiger partial charge is 0.127 e. The molecule has 1 rings (SSSR count). The van der Waals surface area contributed by atoms with Crippen molar-refractivity contribution in [3.05, 3.63) is 34.1 Å². The van der Waals surface area contributed by atoms with Gasteiger partial charge in [0.05, 0.1) is 6.61 Å². The van der Waals surface area contributed by atoms with E-state index in [0.29, 0.717) is 18.7 Å². The van der Waals surface area contributed by atoms with E-state index in [1.807, 2.05) is 0 Å². The number of hydrogen-bond donors (Lipinski definition) is 1. The number of aliphatic hydroxyl groups excluding tert-OH is 1. The lowest BCUT2D eigenvalue weighted by molar-refractivity contribution is 0.186. The van der Waals surface area contributed by atoms with Gasteiger partial charge in [0.15, 0.2) is 0 Å². The van der Waals surface area contributed by atoms with Crippen LogP contribution in [0.25, 0.3) is 0 Å². The van der Waals surface area contributed by atoms with E-state index in [0.717, 1.165) is 23.9 Å². The first kappa shape index (κ1) is 15.6. The third-order valence-electron chi connectivity index (χ3n) is 2.90. The highest BCUT2D eigenvalue weighted by Crippen LogP contribution is 2.17. The molecule has 0 aliphatic rings. The Balaban J connectivity index is 2.60. The Morgan fingerprint density at radius 2 is 2.06 bits per heavy atom. The first-order chi connectivity index (χ1) is 8.67. The van der Waals surface area contributed by atoms with Gasteiger partial charge in [-0.3, -0.25) is 4.90 Å². The molecule has 102 valence electrons. The minimum atomic E-state index is -0.184. The zero-order chi connectivity index (χ0) is 13.4. The Morgan fingerprint density at radius 3 is 2.72 bits per heavy atom. The number of rotatable bonds is 8.